The summed E-state index contributed by atoms with van der Waals surface area (Å²) in [5.74, 6) is 2.32. The van der Waals surface area contributed by atoms with E-state index in [9.17, 15) is 8.78 Å². The van der Waals surface area contributed by atoms with Gasteiger partial charge in [-0.05, 0) is 31.7 Å². The van der Waals surface area contributed by atoms with Crippen LogP contribution in [0.25, 0.3) is 0 Å². The smallest absolute Gasteiger partial charge is 0.319 e. The maximum atomic E-state index is 12.9. The number of aromatic nitrogens is 2. The number of hydrogen-bond donors (Lipinski definition) is 2. The Morgan fingerprint density at radius 1 is 1.33 bits per heavy atom. The van der Waals surface area contributed by atoms with Crippen LogP contribution >= 0.6 is 0 Å². The highest BCUT2D eigenvalue weighted by atomic mass is 19.3. The van der Waals surface area contributed by atoms with Crippen molar-refractivity contribution in [1.82, 2.24) is 20.2 Å². The zero-order valence-corrected chi connectivity index (χ0v) is 15.4. The van der Waals surface area contributed by atoms with Crippen molar-refractivity contribution in [3.8, 4) is 5.75 Å². The molecule has 1 saturated carbocycles. The van der Waals surface area contributed by atoms with Crippen LogP contribution in [0.15, 0.2) is 41.7 Å². The van der Waals surface area contributed by atoms with Gasteiger partial charge in [-0.3, -0.25) is 4.57 Å². The lowest BCUT2D eigenvalue weighted by molar-refractivity contribution is 0.0668. The van der Waals surface area contributed by atoms with Gasteiger partial charge in [-0.15, -0.1) is 0 Å². The first-order valence-electron chi connectivity index (χ1n) is 9.20. The van der Waals surface area contributed by atoms with Gasteiger partial charge < -0.3 is 15.4 Å². The maximum absolute atomic E-state index is 12.9. The second-order valence-electron chi connectivity index (χ2n) is 6.44. The van der Waals surface area contributed by atoms with E-state index >= 15 is 0 Å². The molecule has 6 nitrogen and oxygen atoms in total. The highest BCUT2D eigenvalue weighted by molar-refractivity contribution is 5.79. The number of imidazole rings is 1. The van der Waals surface area contributed by atoms with Crippen LogP contribution in [-0.4, -0.2) is 28.7 Å². The van der Waals surface area contributed by atoms with Crippen molar-refractivity contribution >= 4 is 5.96 Å². The minimum Gasteiger partial charge on any atom is -0.493 e. The van der Waals surface area contributed by atoms with Crippen molar-refractivity contribution in [2.75, 3.05) is 13.2 Å². The van der Waals surface area contributed by atoms with E-state index in [1.54, 1.807) is 0 Å². The lowest BCUT2D eigenvalue weighted by Gasteiger charge is -2.13. The molecule has 0 radical (unpaired) electrons. The Kier molecular flexibility index (Phi) is 6.62. The Labute approximate surface area is 157 Å². The molecule has 0 spiro atoms. The van der Waals surface area contributed by atoms with Gasteiger partial charge in [-0.25, -0.2) is 9.98 Å². The SMILES string of the molecule is CCNC(=NCc1ccccc1OCC1CC1)NCc1nccn1C(F)F. The maximum Gasteiger partial charge on any atom is 0.319 e. The number of aliphatic imine (C=N–C) groups is 1. The molecule has 0 aliphatic heterocycles. The average molecular weight is 377 g/mol. The first-order valence-corrected chi connectivity index (χ1v) is 9.20. The summed E-state index contributed by atoms with van der Waals surface area (Å²) in [6, 6.07) is 7.84. The molecule has 1 aliphatic carbocycles. The van der Waals surface area contributed by atoms with Crippen molar-refractivity contribution in [2.24, 2.45) is 10.9 Å². The summed E-state index contributed by atoms with van der Waals surface area (Å²) in [7, 11) is 0. The second-order valence-corrected chi connectivity index (χ2v) is 6.44. The number of ether oxygens (including phenoxy) is 1. The van der Waals surface area contributed by atoms with Crippen LogP contribution in [0.3, 0.4) is 0 Å². The molecule has 1 heterocycles. The number of guanidine groups is 1. The summed E-state index contributed by atoms with van der Waals surface area (Å²) in [4.78, 5) is 8.52. The lowest BCUT2D eigenvalue weighted by atomic mass is 10.2. The zero-order valence-electron chi connectivity index (χ0n) is 15.4. The number of nitrogens with zero attached hydrogens (tertiary/aromatic N) is 3. The van der Waals surface area contributed by atoms with Gasteiger partial charge in [0.2, 0.25) is 0 Å². The monoisotopic (exact) mass is 377 g/mol. The van der Waals surface area contributed by atoms with Gasteiger partial charge in [0.05, 0.1) is 19.7 Å². The van der Waals surface area contributed by atoms with E-state index < -0.39 is 6.55 Å². The number of alkyl halides is 2. The fraction of sp³-hybridized carbons (Fsp3) is 0.474. The molecule has 1 aromatic carbocycles. The molecule has 1 aliphatic rings. The van der Waals surface area contributed by atoms with Crippen molar-refractivity contribution in [3.05, 3.63) is 48.0 Å². The van der Waals surface area contributed by atoms with Crippen molar-refractivity contribution in [2.45, 2.75) is 39.4 Å². The molecule has 0 bridgehead atoms. The van der Waals surface area contributed by atoms with Gasteiger partial charge in [-0.1, -0.05) is 18.2 Å². The van der Waals surface area contributed by atoms with Crippen molar-refractivity contribution < 1.29 is 13.5 Å². The van der Waals surface area contributed by atoms with Gasteiger partial charge in [0, 0.05) is 24.5 Å². The van der Waals surface area contributed by atoms with E-state index in [0.717, 1.165) is 22.5 Å². The van der Waals surface area contributed by atoms with Crippen LogP contribution in [0.4, 0.5) is 8.78 Å². The van der Waals surface area contributed by atoms with E-state index in [0.29, 0.717) is 25.0 Å². The highest BCUT2D eigenvalue weighted by Gasteiger charge is 2.22. The molecule has 146 valence electrons. The summed E-state index contributed by atoms with van der Waals surface area (Å²) in [5, 5.41) is 6.17. The van der Waals surface area contributed by atoms with E-state index in [1.807, 2.05) is 31.2 Å². The quantitative estimate of drug-likeness (QED) is 0.520. The molecule has 1 aromatic heterocycles. The van der Waals surface area contributed by atoms with Gasteiger partial charge >= 0.3 is 6.55 Å². The molecule has 1 fully saturated rings. The fourth-order valence-corrected chi connectivity index (χ4v) is 2.59. The molecule has 8 heteroatoms. The van der Waals surface area contributed by atoms with Gasteiger partial charge in [0.15, 0.2) is 5.96 Å². The predicted octanol–water partition coefficient (Wildman–Crippen LogP) is 3.32. The van der Waals surface area contributed by atoms with Crippen LogP contribution in [0.1, 0.15) is 37.7 Å². The van der Waals surface area contributed by atoms with Crippen LogP contribution in [0, 0.1) is 5.92 Å². The number of halogens is 2. The molecule has 3 rings (SSSR count). The second kappa shape index (κ2) is 9.34. The summed E-state index contributed by atoms with van der Waals surface area (Å²) < 4.78 is 32.6. The summed E-state index contributed by atoms with van der Waals surface area (Å²) >= 11 is 0. The summed E-state index contributed by atoms with van der Waals surface area (Å²) in [6.07, 6.45) is 5.10. The standard InChI is InChI=1S/C19H25F2N5O/c1-2-22-19(25-12-17-23-9-10-26(17)18(20)21)24-11-15-5-3-4-6-16(15)27-13-14-7-8-14/h3-6,9-10,14,18H,2,7-8,11-13H2,1H3,(H2,22,24,25). The van der Waals surface area contributed by atoms with Gasteiger partial charge in [0.1, 0.15) is 11.6 Å². The topological polar surface area (TPSA) is 63.5 Å². The Bertz CT molecular complexity index is 758. The minimum absolute atomic E-state index is 0.156. The molecule has 0 unspecified atom stereocenters. The Morgan fingerprint density at radius 3 is 2.89 bits per heavy atom. The highest BCUT2D eigenvalue weighted by Crippen LogP contribution is 2.30. The third-order valence-corrected chi connectivity index (χ3v) is 4.27. The molecule has 0 saturated heterocycles. The number of rotatable bonds is 9. The van der Waals surface area contributed by atoms with E-state index in [2.05, 4.69) is 20.6 Å². The number of benzene rings is 1. The molecule has 2 N–H and O–H groups in total. The van der Waals surface area contributed by atoms with Crippen LogP contribution in [-0.2, 0) is 13.1 Å². The Hall–Kier alpha value is -2.64. The summed E-state index contributed by atoms with van der Waals surface area (Å²) in [6.45, 7) is 1.33. The third kappa shape index (κ3) is 5.67. The largest absolute Gasteiger partial charge is 0.493 e. The first-order chi connectivity index (χ1) is 13.2. The van der Waals surface area contributed by atoms with Gasteiger partial charge in [0.25, 0.3) is 0 Å². The van der Waals surface area contributed by atoms with E-state index in [1.165, 1.54) is 25.2 Å². The van der Waals surface area contributed by atoms with Crippen LogP contribution in [0.5, 0.6) is 5.75 Å². The Balaban J connectivity index is 1.62. The normalized spacial score (nSPS) is 14.4. The minimum atomic E-state index is -2.61. The van der Waals surface area contributed by atoms with Crippen molar-refractivity contribution in [3.63, 3.8) is 0 Å². The summed E-state index contributed by atoms with van der Waals surface area (Å²) in [5.41, 5.74) is 0.990. The van der Waals surface area contributed by atoms with E-state index in [-0.39, 0.29) is 12.4 Å². The zero-order chi connectivity index (χ0) is 19.1. The number of para-hydroxylation sites is 1. The van der Waals surface area contributed by atoms with Crippen LogP contribution < -0.4 is 15.4 Å². The van der Waals surface area contributed by atoms with E-state index in [4.69, 9.17) is 4.74 Å². The molecule has 0 atom stereocenters. The lowest BCUT2D eigenvalue weighted by Crippen LogP contribution is -2.37. The van der Waals surface area contributed by atoms with Crippen molar-refractivity contribution in [1.29, 1.82) is 0 Å². The Morgan fingerprint density at radius 2 is 2.15 bits per heavy atom. The average Bonchev–Trinajstić information content (AvgIpc) is 3.37. The molecule has 27 heavy (non-hydrogen) atoms. The fourth-order valence-electron chi connectivity index (χ4n) is 2.59. The number of nitrogens with one attached hydrogen (secondary N) is 2. The van der Waals surface area contributed by atoms with Crippen LogP contribution in [0.2, 0.25) is 0 Å². The molecular weight excluding hydrogens is 352 g/mol. The van der Waals surface area contributed by atoms with Gasteiger partial charge in [-0.2, -0.15) is 8.78 Å². The first kappa shape index (κ1) is 19.1. The third-order valence-electron chi connectivity index (χ3n) is 4.27. The molecule has 0 amide bonds. The molecule has 2 aromatic rings. The predicted molar refractivity (Wildman–Crippen MR) is 99.8 cm³/mol. The number of hydrogen-bond acceptors (Lipinski definition) is 3. The molecular formula is C19H25F2N5O.